The van der Waals surface area contributed by atoms with E-state index in [1.807, 2.05) is 0 Å². The van der Waals surface area contributed by atoms with Crippen LogP contribution in [0.25, 0.3) is 0 Å². The van der Waals surface area contributed by atoms with Crippen molar-refractivity contribution in [2.45, 2.75) is 37.1 Å². The SMILES string of the molecule is CN(C)S(=O)(=O)c1ccccc1CNC(=O)C1CC2CCC1C2. The lowest BCUT2D eigenvalue weighted by Gasteiger charge is -2.21. The minimum atomic E-state index is -3.50. The molecule has 3 atom stereocenters. The predicted molar refractivity (Wildman–Crippen MR) is 88.1 cm³/mol. The van der Waals surface area contributed by atoms with E-state index in [1.165, 1.54) is 31.2 Å². The molecule has 0 aromatic heterocycles. The molecule has 2 bridgehead atoms. The molecule has 1 aromatic rings. The third-order valence-electron chi connectivity index (χ3n) is 5.26. The van der Waals surface area contributed by atoms with Gasteiger partial charge in [0.25, 0.3) is 0 Å². The highest BCUT2D eigenvalue weighted by atomic mass is 32.2. The Balaban J connectivity index is 1.70. The summed E-state index contributed by atoms with van der Waals surface area (Å²) in [7, 11) is -0.473. The number of sulfonamides is 1. The van der Waals surface area contributed by atoms with Gasteiger partial charge in [-0.05, 0) is 42.7 Å². The number of carbonyl (C=O) groups excluding carboxylic acids is 1. The number of nitrogens with zero attached hydrogens (tertiary/aromatic N) is 1. The molecule has 0 heterocycles. The van der Waals surface area contributed by atoms with E-state index < -0.39 is 10.0 Å². The second-order valence-corrected chi connectivity index (χ2v) is 9.01. The smallest absolute Gasteiger partial charge is 0.242 e. The highest BCUT2D eigenvalue weighted by Gasteiger charge is 2.42. The topological polar surface area (TPSA) is 66.5 Å². The van der Waals surface area contributed by atoms with Crippen LogP contribution < -0.4 is 5.32 Å². The van der Waals surface area contributed by atoms with E-state index in [0.29, 0.717) is 11.5 Å². The molecule has 1 amide bonds. The standard InChI is InChI=1S/C17H24N2O3S/c1-19(2)23(21,22)16-6-4-3-5-14(16)11-18-17(20)15-10-12-7-8-13(15)9-12/h3-6,12-13,15H,7-11H2,1-2H3,(H,18,20). The molecule has 0 spiro atoms. The van der Waals surface area contributed by atoms with Crippen molar-refractivity contribution in [1.29, 1.82) is 0 Å². The Kier molecular flexibility index (Phi) is 4.47. The lowest BCUT2D eigenvalue weighted by atomic mass is 9.88. The molecule has 1 N–H and O–H groups in total. The molecule has 2 fully saturated rings. The summed E-state index contributed by atoms with van der Waals surface area (Å²) in [4.78, 5) is 12.7. The fourth-order valence-corrected chi connectivity index (χ4v) is 5.09. The average molecular weight is 336 g/mol. The zero-order chi connectivity index (χ0) is 16.6. The average Bonchev–Trinajstić information content (AvgIpc) is 3.15. The lowest BCUT2D eigenvalue weighted by molar-refractivity contribution is -0.126. The quantitative estimate of drug-likeness (QED) is 0.894. The number of benzene rings is 1. The van der Waals surface area contributed by atoms with Crippen molar-refractivity contribution in [2.75, 3.05) is 14.1 Å². The molecule has 0 saturated heterocycles. The molecule has 5 nitrogen and oxygen atoms in total. The van der Waals surface area contributed by atoms with Gasteiger partial charge in [0.2, 0.25) is 15.9 Å². The van der Waals surface area contributed by atoms with E-state index in [1.54, 1.807) is 24.3 Å². The van der Waals surface area contributed by atoms with Crippen molar-refractivity contribution >= 4 is 15.9 Å². The van der Waals surface area contributed by atoms with Crippen LogP contribution in [0.15, 0.2) is 29.2 Å². The fraction of sp³-hybridized carbons (Fsp3) is 0.588. The third-order valence-corrected chi connectivity index (χ3v) is 7.17. The lowest BCUT2D eigenvalue weighted by Crippen LogP contribution is -2.34. The third kappa shape index (κ3) is 3.15. The van der Waals surface area contributed by atoms with Gasteiger partial charge in [-0.1, -0.05) is 24.6 Å². The van der Waals surface area contributed by atoms with Gasteiger partial charge in [0, 0.05) is 26.6 Å². The molecule has 126 valence electrons. The van der Waals surface area contributed by atoms with Crippen LogP contribution in [0.2, 0.25) is 0 Å². The van der Waals surface area contributed by atoms with Crippen LogP contribution in [0.3, 0.4) is 0 Å². The summed E-state index contributed by atoms with van der Waals surface area (Å²) in [5.74, 6) is 1.44. The van der Waals surface area contributed by atoms with Gasteiger partial charge in [0.1, 0.15) is 0 Å². The summed E-state index contributed by atoms with van der Waals surface area (Å²) in [6.45, 7) is 0.260. The first kappa shape index (κ1) is 16.5. The molecule has 23 heavy (non-hydrogen) atoms. The molecule has 2 saturated carbocycles. The van der Waals surface area contributed by atoms with Gasteiger partial charge in [0.15, 0.2) is 0 Å². The van der Waals surface area contributed by atoms with Crippen molar-refractivity contribution in [3.63, 3.8) is 0 Å². The summed E-state index contributed by atoms with van der Waals surface area (Å²) in [6.07, 6.45) is 4.60. The van der Waals surface area contributed by atoms with Crippen LogP contribution in [-0.4, -0.2) is 32.7 Å². The highest BCUT2D eigenvalue weighted by molar-refractivity contribution is 7.89. The van der Waals surface area contributed by atoms with Crippen LogP contribution >= 0.6 is 0 Å². The molecule has 3 rings (SSSR count). The Labute approximate surface area is 138 Å². The normalized spacial score (nSPS) is 26.7. The first-order chi connectivity index (χ1) is 10.9. The Morgan fingerprint density at radius 3 is 2.57 bits per heavy atom. The molecule has 2 aliphatic rings. The van der Waals surface area contributed by atoms with Crippen LogP contribution in [0, 0.1) is 17.8 Å². The maximum absolute atomic E-state index is 12.4. The van der Waals surface area contributed by atoms with E-state index in [-0.39, 0.29) is 23.3 Å². The Morgan fingerprint density at radius 2 is 1.96 bits per heavy atom. The Bertz CT molecular complexity index is 700. The van der Waals surface area contributed by atoms with Gasteiger partial charge < -0.3 is 5.32 Å². The second kappa shape index (κ2) is 6.24. The monoisotopic (exact) mass is 336 g/mol. The van der Waals surface area contributed by atoms with Gasteiger partial charge in [-0.2, -0.15) is 0 Å². The maximum atomic E-state index is 12.4. The number of fused-ring (bicyclic) bond motifs is 2. The summed E-state index contributed by atoms with van der Waals surface area (Å²) in [5, 5.41) is 2.96. The van der Waals surface area contributed by atoms with E-state index >= 15 is 0 Å². The van der Waals surface area contributed by atoms with Gasteiger partial charge in [0.05, 0.1) is 4.90 Å². The molecule has 6 heteroatoms. The number of amides is 1. The summed E-state index contributed by atoms with van der Waals surface area (Å²) >= 11 is 0. The second-order valence-electron chi connectivity index (χ2n) is 6.89. The number of nitrogens with one attached hydrogen (secondary N) is 1. The van der Waals surface area contributed by atoms with E-state index in [4.69, 9.17) is 0 Å². The molecule has 0 radical (unpaired) electrons. The van der Waals surface area contributed by atoms with Crippen LogP contribution in [0.1, 0.15) is 31.2 Å². The zero-order valence-corrected chi connectivity index (χ0v) is 14.5. The molecule has 1 aromatic carbocycles. The molecule has 3 unspecified atom stereocenters. The number of carbonyl (C=O) groups is 1. The zero-order valence-electron chi connectivity index (χ0n) is 13.7. The molecule has 0 aliphatic heterocycles. The number of rotatable bonds is 5. The maximum Gasteiger partial charge on any atom is 0.242 e. The Morgan fingerprint density at radius 1 is 1.22 bits per heavy atom. The fourth-order valence-electron chi connectivity index (χ4n) is 3.98. The van der Waals surface area contributed by atoms with Crippen molar-refractivity contribution in [3.8, 4) is 0 Å². The molecular weight excluding hydrogens is 312 g/mol. The van der Waals surface area contributed by atoms with Crippen LogP contribution in [0.4, 0.5) is 0 Å². The van der Waals surface area contributed by atoms with Crippen molar-refractivity contribution in [1.82, 2.24) is 9.62 Å². The van der Waals surface area contributed by atoms with Gasteiger partial charge in [-0.3, -0.25) is 4.79 Å². The predicted octanol–water partition coefficient (Wildman–Crippen LogP) is 1.99. The highest BCUT2D eigenvalue weighted by Crippen LogP contribution is 2.48. The van der Waals surface area contributed by atoms with Gasteiger partial charge in [-0.25, -0.2) is 12.7 Å². The van der Waals surface area contributed by atoms with E-state index in [2.05, 4.69) is 5.32 Å². The summed E-state index contributed by atoms with van der Waals surface area (Å²) < 4.78 is 25.9. The largest absolute Gasteiger partial charge is 0.352 e. The van der Waals surface area contributed by atoms with Crippen LogP contribution in [0.5, 0.6) is 0 Å². The molecule has 2 aliphatic carbocycles. The van der Waals surface area contributed by atoms with E-state index in [0.717, 1.165) is 18.8 Å². The number of hydrogen-bond acceptors (Lipinski definition) is 3. The van der Waals surface area contributed by atoms with Gasteiger partial charge in [-0.15, -0.1) is 0 Å². The summed E-state index contributed by atoms with van der Waals surface area (Å²) in [6, 6.07) is 6.86. The first-order valence-electron chi connectivity index (χ1n) is 8.17. The van der Waals surface area contributed by atoms with Crippen LogP contribution in [-0.2, 0) is 21.4 Å². The van der Waals surface area contributed by atoms with Crippen molar-refractivity contribution in [2.24, 2.45) is 17.8 Å². The number of hydrogen-bond donors (Lipinski definition) is 1. The first-order valence-corrected chi connectivity index (χ1v) is 9.61. The van der Waals surface area contributed by atoms with Gasteiger partial charge >= 0.3 is 0 Å². The minimum Gasteiger partial charge on any atom is -0.352 e. The summed E-state index contributed by atoms with van der Waals surface area (Å²) in [5.41, 5.74) is 0.637. The minimum absolute atomic E-state index is 0.0780. The Hall–Kier alpha value is -1.40. The van der Waals surface area contributed by atoms with Crippen molar-refractivity contribution < 1.29 is 13.2 Å². The van der Waals surface area contributed by atoms with Crippen molar-refractivity contribution in [3.05, 3.63) is 29.8 Å². The van der Waals surface area contributed by atoms with E-state index in [9.17, 15) is 13.2 Å². The molecular formula is C17H24N2O3S.